The predicted octanol–water partition coefficient (Wildman–Crippen LogP) is 0.302. The minimum atomic E-state index is -0.926. The second-order valence-corrected chi connectivity index (χ2v) is 6.66. The van der Waals surface area contributed by atoms with Crippen molar-refractivity contribution in [3.63, 3.8) is 0 Å². The second kappa shape index (κ2) is 8.86. The Kier molecular flexibility index (Phi) is 6.84. The van der Waals surface area contributed by atoms with Crippen LogP contribution in [0.25, 0.3) is 0 Å². The topological polar surface area (TPSA) is 119 Å². The molecule has 0 aromatic rings. The molecule has 0 aromatic heterocycles. The first-order valence-corrected chi connectivity index (χ1v) is 8.68. The van der Waals surface area contributed by atoms with Crippen LogP contribution in [-0.4, -0.2) is 64.8 Å². The van der Waals surface area contributed by atoms with E-state index in [0.29, 0.717) is 25.3 Å². The van der Waals surface area contributed by atoms with Gasteiger partial charge in [0.25, 0.3) is 0 Å². The number of hydrogen-bond donors (Lipinski definition) is 4. The molecule has 1 aliphatic carbocycles. The van der Waals surface area contributed by atoms with Crippen LogP contribution in [-0.2, 0) is 9.59 Å². The standard InChI is InChI=1S/C16H27N3O5/c20-13-9-11-8-12(13)19(10-11)16(24)18-6-3-1-2-4-14(21)17-7-5-15(22)23/h11-13,20H,1-10H2,(H,17,21)(H,18,24)(H,22,23)/t11-,12+,13+/m0/s1. The summed E-state index contributed by atoms with van der Waals surface area (Å²) in [6.45, 7) is 1.46. The summed E-state index contributed by atoms with van der Waals surface area (Å²) in [6.07, 6.45) is 3.96. The van der Waals surface area contributed by atoms with Crippen molar-refractivity contribution in [2.75, 3.05) is 19.6 Å². The molecule has 0 radical (unpaired) electrons. The van der Waals surface area contributed by atoms with Gasteiger partial charge in [0.15, 0.2) is 0 Å². The van der Waals surface area contributed by atoms with Gasteiger partial charge in [0.05, 0.1) is 18.6 Å². The molecular weight excluding hydrogens is 314 g/mol. The van der Waals surface area contributed by atoms with Gasteiger partial charge in [0.1, 0.15) is 0 Å². The number of rotatable bonds is 9. The first-order valence-electron chi connectivity index (χ1n) is 8.68. The van der Waals surface area contributed by atoms with E-state index in [1.165, 1.54) is 0 Å². The fraction of sp³-hybridized carbons (Fsp3) is 0.812. The third-order valence-corrected chi connectivity index (χ3v) is 4.73. The highest BCUT2D eigenvalue weighted by Gasteiger charge is 2.46. The lowest BCUT2D eigenvalue weighted by molar-refractivity contribution is -0.136. The van der Waals surface area contributed by atoms with Gasteiger partial charge in [-0.1, -0.05) is 6.42 Å². The highest BCUT2D eigenvalue weighted by molar-refractivity contribution is 5.76. The third kappa shape index (κ3) is 5.36. The third-order valence-electron chi connectivity index (χ3n) is 4.73. The predicted molar refractivity (Wildman–Crippen MR) is 86.4 cm³/mol. The van der Waals surface area contributed by atoms with Gasteiger partial charge in [-0.05, 0) is 31.6 Å². The lowest BCUT2D eigenvalue weighted by Crippen LogP contribution is -2.49. The fourth-order valence-electron chi connectivity index (χ4n) is 3.51. The van der Waals surface area contributed by atoms with E-state index in [1.54, 1.807) is 4.90 Å². The van der Waals surface area contributed by atoms with Crippen molar-refractivity contribution < 1.29 is 24.6 Å². The summed E-state index contributed by atoms with van der Waals surface area (Å²) in [7, 11) is 0. The van der Waals surface area contributed by atoms with Crippen molar-refractivity contribution in [1.82, 2.24) is 15.5 Å². The first kappa shape index (κ1) is 18.5. The molecule has 136 valence electrons. The zero-order valence-corrected chi connectivity index (χ0v) is 13.9. The van der Waals surface area contributed by atoms with Crippen LogP contribution >= 0.6 is 0 Å². The summed E-state index contributed by atoms with van der Waals surface area (Å²) >= 11 is 0. The molecule has 1 saturated carbocycles. The number of amides is 3. The number of unbranched alkanes of at least 4 members (excludes halogenated alkanes) is 2. The molecule has 8 heteroatoms. The molecule has 2 bridgehead atoms. The number of aliphatic hydroxyl groups excluding tert-OH is 1. The van der Waals surface area contributed by atoms with Gasteiger partial charge in [-0.15, -0.1) is 0 Å². The molecule has 1 aliphatic heterocycles. The van der Waals surface area contributed by atoms with E-state index in [1.807, 2.05) is 0 Å². The van der Waals surface area contributed by atoms with Crippen LogP contribution in [0.5, 0.6) is 0 Å². The molecule has 8 nitrogen and oxygen atoms in total. The molecule has 1 heterocycles. The number of carboxylic acids is 1. The van der Waals surface area contributed by atoms with Gasteiger partial charge in [0, 0.05) is 26.1 Å². The molecule has 4 N–H and O–H groups in total. The van der Waals surface area contributed by atoms with E-state index >= 15 is 0 Å². The Morgan fingerprint density at radius 3 is 2.46 bits per heavy atom. The molecular formula is C16H27N3O5. The van der Waals surface area contributed by atoms with Crippen LogP contribution in [0.4, 0.5) is 4.79 Å². The molecule has 0 aromatic carbocycles. The van der Waals surface area contributed by atoms with E-state index in [2.05, 4.69) is 10.6 Å². The van der Waals surface area contributed by atoms with Crippen LogP contribution in [0, 0.1) is 5.92 Å². The summed E-state index contributed by atoms with van der Waals surface area (Å²) in [5, 5.41) is 23.7. The van der Waals surface area contributed by atoms with E-state index in [0.717, 1.165) is 32.2 Å². The van der Waals surface area contributed by atoms with E-state index in [4.69, 9.17) is 5.11 Å². The minimum absolute atomic E-state index is 0.0236. The summed E-state index contributed by atoms with van der Waals surface area (Å²) in [5.41, 5.74) is 0. The Labute approximate surface area is 141 Å². The number of nitrogens with zero attached hydrogens (tertiary/aromatic N) is 1. The first-order chi connectivity index (χ1) is 11.5. The van der Waals surface area contributed by atoms with Crippen LogP contribution in [0.1, 0.15) is 44.9 Å². The van der Waals surface area contributed by atoms with E-state index in [9.17, 15) is 19.5 Å². The number of carbonyl (C=O) groups excluding carboxylic acids is 2. The number of nitrogens with one attached hydrogen (secondary N) is 2. The molecule has 24 heavy (non-hydrogen) atoms. The van der Waals surface area contributed by atoms with Crippen molar-refractivity contribution >= 4 is 17.9 Å². The molecule has 2 rings (SSSR count). The van der Waals surface area contributed by atoms with Crippen molar-refractivity contribution in [3.05, 3.63) is 0 Å². The second-order valence-electron chi connectivity index (χ2n) is 6.66. The van der Waals surface area contributed by atoms with Gasteiger partial charge < -0.3 is 25.7 Å². The Morgan fingerprint density at radius 1 is 1.00 bits per heavy atom. The average Bonchev–Trinajstić information content (AvgIpc) is 3.09. The van der Waals surface area contributed by atoms with Crippen LogP contribution in [0.2, 0.25) is 0 Å². The van der Waals surface area contributed by atoms with Crippen molar-refractivity contribution in [3.8, 4) is 0 Å². The summed E-state index contributed by atoms with van der Waals surface area (Å²) in [5.74, 6) is -0.623. The number of piperidine rings is 1. The largest absolute Gasteiger partial charge is 0.481 e. The van der Waals surface area contributed by atoms with Crippen LogP contribution < -0.4 is 10.6 Å². The maximum Gasteiger partial charge on any atom is 0.317 e. The molecule has 2 aliphatic rings. The SMILES string of the molecule is O=C(O)CCNC(=O)CCCCCNC(=O)N1C[C@@H]2C[C@@H](O)[C@H]1C2. The van der Waals surface area contributed by atoms with Crippen molar-refractivity contribution in [1.29, 1.82) is 0 Å². The van der Waals surface area contributed by atoms with Crippen LogP contribution in [0.15, 0.2) is 0 Å². The maximum atomic E-state index is 12.1. The number of fused-ring (bicyclic) bond motifs is 2. The number of likely N-dealkylation sites (tertiary alicyclic amines) is 1. The fourth-order valence-corrected chi connectivity index (χ4v) is 3.51. The van der Waals surface area contributed by atoms with Gasteiger partial charge in [0.2, 0.25) is 5.91 Å². The molecule has 0 unspecified atom stereocenters. The summed E-state index contributed by atoms with van der Waals surface area (Å²) < 4.78 is 0. The molecule has 3 atom stereocenters. The average molecular weight is 341 g/mol. The number of urea groups is 1. The Hall–Kier alpha value is -1.83. The zero-order valence-electron chi connectivity index (χ0n) is 13.9. The zero-order chi connectivity index (χ0) is 17.5. The van der Waals surface area contributed by atoms with Crippen molar-refractivity contribution in [2.24, 2.45) is 5.92 Å². The smallest absolute Gasteiger partial charge is 0.317 e. The van der Waals surface area contributed by atoms with E-state index in [-0.39, 0.29) is 37.0 Å². The normalized spacial score (nSPS) is 24.9. The molecule has 2 fully saturated rings. The van der Waals surface area contributed by atoms with Gasteiger partial charge in [-0.2, -0.15) is 0 Å². The maximum absolute atomic E-state index is 12.1. The minimum Gasteiger partial charge on any atom is -0.481 e. The van der Waals surface area contributed by atoms with E-state index < -0.39 is 5.97 Å². The number of hydrogen-bond acceptors (Lipinski definition) is 4. The quantitative estimate of drug-likeness (QED) is 0.450. The Morgan fingerprint density at radius 2 is 1.79 bits per heavy atom. The molecule has 3 amide bonds. The lowest BCUT2D eigenvalue weighted by Gasteiger charge is -2.30. The highest BCUT2D eigenvalue weighted by Crippen LogP contribution is 2.37. The monoisotopic (exact) mass is 341 g/mol. The number of aliphatic hydroxyl groups is 1. The summed E-state index contributed by atoms with van der Waals surface area (Å²) in [4.78, 5) is 35.6. The van der Waals surface area contributed by atoms with Gasteiger partial charge >= 0.3 is 12.0 Å². The van der Waals surface area contributed by atoms with Crippen molar-refractivity contribution in [2.45, 2.75) is 57.1 Å². The lowest BCUT2D eigenvalue weighted by atomic mass is 10.1. The Balaban J connectivity index is 1.47. The van der Waals surface area contributed by atoms with Crippen LogP contribution in [0.3, 0.4) is 0 Å². The molecule has 1 saturated heterocycles. The number of carbonyl (C=O) groups is 3. The highest BCUT2D eigenvalue weighted by atomic mass is 16.4. The summed E-state index contributed by atoms with van der Waals surface area (Å²) in [6, 6.07) is -0.128. The number of carboxylic acid groups (broad SMARTS) is 1. The van der Waals surface area contributed by atoms with Gasteiger partial charge in [-0.25, -0.2) is 4.79 Å². The van der Waals surface area contributed by atoms with Gasteiger partial charge in [-0.3, -0.25) is 9.59 Å². The number of aliphatic carboxylic acids is 1. The Bertz CT molecular complexity index is 471. The molecule has 0 spiro atoms.